The van der Waals surface area contributed by atoms with Crippen molar-refractivity contribution in [2.75, 3.05) is 5.73 Å². The van der Waals surface area contributed by atoms with Crippen LogP contribution in [0.2, 0.25) is 0 Å². The van der Waals surface area contributed by atoms with Gasteiger partial charge in [-0.3, -0.25) is 14.6 Å². The highest BCUT2D eigenvalue weighted by Gasteiger charge is 2.28. The minimum atomic E-state index is -0.649. The Morgan fingerprint density at radius 1 is 0.949 bits per heavy atom. The number of anilines is 1. The van der Waals surface area contributed by atoms with Gasteiger partial charge in [0, 0.05) is 36.6 Å². The number of hydrogen-bond acceptors (Lipinski definition) is 9. The third-order valence-electron chi connectivity index (χ3n) is 6.58. The van der Waals surface area contributed by atoms with Crippen molar-refractivity contribution in [2.24, 2.45) is 7.05 Å². The summed E-state index contributed by atoms with van der Waals surface area (Å²) in [6.45, 7) is 3.93. The Labute approximate surface area is 223 Å². The lowest BCUT2D eigenvalue weighted by Gasteiger charge is -2.23. The topological polar surface area (TPSA) is 150 Å². The zero-order valence-corrected chi connectivity index (χ0v) is 21.5. The fourth-order valence-electron chi connectivity index (χ4n) is 4.37. The lowest BCUT2D eigenvalue weighted by molar-refractivity contribution is 0.370. The Hall–Kier alpha value is -5.50. The molecule has 0 saturated carbocycles. The molecule has 0 amide bonds. The monoisotopic (exact) mass is 513 g/mol. The number of hydrogen-bond donors (Lipinski definition) is 1. The van der Waals surface area contributed by atoms with E-state index in [9.17, 15) is 0 Å². The van der Waals surface area contributed by atoms with Crippen molar-refractivity contribution >= 4 is 16.7 Å². The average molecular weight is 514 g/mol. The minimum absolute atomic E-state index is 0.211. The lowest BCUT2D eigenvalue weighted by atomic mass is 9.99. The molecule has 6 rings (SSSR count). The van der Waals surface area contributed by atoms with Gasteiger partial charge in [0.1, 0.15) is 34.4 Å². The summed E-state index contributed by atoms with van der Waals surface area (Å²) in [7, 11) is 1.85. The molecule has 6 aromatic rings. The summed E-state index contributed by atoms with van der Waals surface area (Å²) in [6.07, 6.45) is 6.93. The number of nitrogen functional groups attached to an aromatic ring is 1. The molecule has 39 heavy (non-hydrogen) atoms. The molecule has 0 aliphatic rings. The zero-order chi connectivity index (χ0) is 27.1. The number of rotatable bonds is 5. The van der Waals surface area contributed by atoms with Gasteiger partial charge in [-0.05, 0) is 50.2 Å². The molecule has 1 aromatic carbocycles. The van der Waals surface area contributed by atoms with Gasteiger partial charge >= 0.3 is 0 Å². The number of nitriles is 1. The van der Waals surface area contributed by atoms with E-state index in [2.05, 4.69) is 31.4 Å². The first-order valence-corrected chi connectivity index (χ1v) is 12.2. The molecule has 0 unspecified atom stereocenters. The van der Waals surface area contributed by atoms with Crippen LogP contribution in [0.15, 0.2) is 73.3 Å². The third-order valence-corrected chi connectivity index (χ3v) is 6.58. The summed E-state index contributed by atoms with van der Waals surface area (Å²) in [5.41, 5.74) is 11.5. The number of nitrogens with zero attached hydrogens (tertiary/aromatic N) is 10. The predicted octanol–water partition coefficient (Wildman–Crippen LogP) is 3.98. The summed E-state index contributed by atoms with van der Waals surface area (Å²) in [4.78, 5) is 18.6. The van der Waals surface area contributed by atoms with Crippen molar-refractivity contribution in [1.29, 1.82) is 5.26 Å². The molecule has 2 N–H and O–H groups in total. The standard InChI is InChI=1S/C28H23N11/c1-28(2,23-9-6-17(14-29)15-32-23)39-16-22(35-37-39)26-27(30)34-25(21-10-12-38(3)36-21)24(33-26)19-7-8-20-18(13-19)5-4-11-31-20/h4-13,15-16H,1-3H3,(H2,30,34). The van der Waals surface area contributed by atoms with Gasteiger partial charge in [0.15, 0.2) is 5.82 Å². The molecule has 11 nitrogen and oxygen atoms in total. The van der Waals surface area contributed by atoms with Crippen LogP contribution in [0.4, 0.5) is 5.82 Å². The molecular formula is C28H23N11. The summed E-state index contributed by atoms with van der Waals surface area (Å²) in [6, 6.07) is 17.3. The quantitative estimate of drug-likeness (QED) is 0.361. The van der Waals surface area contributed by atoms with Crippen LogP contribution in [0, 0.1) is 11.3 Å². The van der Waals surface area contributed by atoms with Gasteiger partial charge in [0.2, 0.25) is 0 Å². The van der Waals surface area contributed by atoms with E-state index in [1.54, 1.807) is 34.0 Å². The van der Waals surface area contributed by atoms with Crippen molar-refractivity contribution in [1.82, 2.24) is 44.7 Å². The molecular weight excluding hydrogens is 490 g/mol. The smallest absolute Gasteiger partial charge is 0.152 e. The number of fused-ring (bicyclic) bond motifs is 1. The van der Waals surface area contributed by atoms with Gasteiger partial charge in [-0.25, -0.2) is 14.6 Å². The van der Waals surface area contributed by atoms with Gasteiger partial charge in [-0.15, -0.1) is 5.10 Å². The first kappa shape index (κ1) is 23.9. The Kier molecular flexibility index (Phi) is 5.58. The van der Waals surface area contributed by atoms with E-state index >= 15 is 0 Å². The molecule has 0 aliphatic carbocycles. The maximum Gasteiger partial charge on any atom is 0.152 e. The maximum atomic E-state index is 9.10. The van der Waals surface area contributed by atoms with E-state index in [0.29, 0.717) is 34.0 Å². The van der Waals surface area contributed by atoms with E-state index in [1.807, 2.05) is 69.6 Å². The van der Waals surface area contributed by atoms with Gasteiger partial charge < -0.3 is 5.73 Å². The average Bonchev–Trinajstić information content (AvgIpc) is 3.63. The highest BCUT2D eigenvalue weighted by atomic mass is 15.5. The highest BCUT2D eigenvalue weighted by molar-refractivity contribution is 5.88. The van der Waals surface area contributed by atoms with Crippen LogP contribution in [-0.2, 0) is 12.6 Å². The molecule has 11 heteroatoms. The molecule has 190 valence electrons. The van der Waals surface area contributed by atoms with Gasteiger partial charge in [0.25, 0.3) is 0 Å². The largest absolute Gasteiger partial charge is 0.382 e. The Balaban J connectivity index is 1.47. The van der Waals surface area contributed by atoms with E-state index in [1.165, 1.54) is 0 Å². The van der Waals surface area contributed by atoms with Crippen LogP contribution < -0.4 is 5.73 Å². The van der Waals surface area contributed by atoms with Crippen molar-refractivity contribution < 1.29 is 0 Å². The summed E-state index contributed by atoms with van der Waals surface area (Å²) < 4.78 is 3.41. The van der Waals surface area contributed by atoms with Crippen molar-refractivity contribution in [3.05, 3.63) is 84.6 Å². The van der Waals surface area contributed by atoms with E-state index in [-0.39, 0.29) is 5.82 Å². The van der Waals surface area contributed by atoms with Crippen LogP contribution in [0.1, 0.15) is 25.1 Å². The predicted molar refractivity (Wildman–Crippen MR) is 146 cm³/mol. The van der Waals surface area contributed by atoms with Crippen LogP contribution >= 0.6 is 0 Å². The lowest BCUT2D eigenvalue weighted by Crippen LogP contribution is -2.29. The van der Waals surface area contributed by atoms with Crippen LogP contribution in [0.25, 0.3) is 44.9 Å². The number of aryl methyl sites for hydroxylation is 1. The fourth-order valence-corrected chi connectivity index (χ4v) is 4.37. The second-order valence-electron chi connectivity index (χ2n) is 9.59. The molecule has 0 aliphatic heterocycles. The molecule has 0 atom stereocenters. The second kappa shape index (κ2) is 9.11. The summed E-state index contributed by atoms with van der Waals surface area (Å²) in [5.74, 6) is 0.211. The second-order valence-corrected chi connectivity index (χ2v) is 9.59. The fraction of sp³-hybridized carbons (Fsp3) is 0.143. The van der Waals surface area contributed by atoms with Crippen molar-refractivity contribution in [3.8, 4) is 40.1 Å². The molecule has 0 spiro atoms. The normalized spacial score (nSPS) is 11.5. The molecule has 0 radical (unpaired) electrons. The van der Waals surface area contributed by atoms with E-state index in [4.69, 9.17) is 21.0 Å². The van der Waals surface area contributed by atoms with Gasteiger partial charge in [0.05, 0.1) is 28.7 Å². The Morgan fingerprint density at radius 3 is 2.56 bits per heavy atom. The highest BCUT2D eigenvalue weighted by Crippen LogP contribution is 2.34. The molecule has 0 saturated heterocycles. The van der Waals surface area contributed by atoms with E-state index in [0.717, 1.165) is 22.2 Å². The first-order chi connectivity index (χ1) is 18.8. The van der Waals surface area contributed by atoms with Crippen LogP contribution in [0.3, 0.4) is 0 Å². The number of pyridine rings is 2. The summed E-state index contributed by atoms with van der Waals surface area (Å²) >= 11 is 0. The number of benzene rings is 1. The summed E-state index contributed by atoms with van der Waals surface area (Å²) in [5, 5.41) is 23.4. The third kappa shape index (κ3) is 4.23. The SMILES string of the molecule is Cn1ccc(-c2nc(N)c(-c3cn(C(C)(C)c4ccc(C#N)cn4)nn3)nc2-c2ccc3ncccc3c2)n1. The van der Waals surface area contributed by atoms with Crippen molar-refractivity contribution in [3.63, 3.8) is 0 Å². The Morgan fingerprint density at radius 2 is 1.82 bits per heavy atom. The van der Waals surface area contributed by atoms with Crippen LogP contribution in [-0.4, -0.2) is 44.7 Å². The number of nitrogens with two attached hydrogens (primary N) is 1. The van der Waals surface area contributed by atoms with Gasteiger partial charge in [-0.2, -0.15) is 10.4 Å². The molecule has 0 bridgehead atoms. The Bertz CT molecular complexity index is 1870. The minimum Gasteiger partial charge on any atom is -0.382 e. The maximum absolute atomic E-state index is 9.10. The van der Waals surface area contributed by atoms with E-state index < -0.39 is 5.54 Å². The van der Waals surface area contributed by atoms with Gasteiger partial charge in [-0.1, -0.05) is 17.3 Å². The van der Waals surface area contributed by atoms with Crippen molar-refractivity contribution in [2.45, 2.75) is 19.4 Å². The number of aromatic nitrogens is 9. The van der Waals surface area contributed by atoms with Crippen LogP contribution in [0.5, 0.6) is 0 Å². The molecule has 0 fully saturated rings. The zero-order valence-electron chi connectivity index (χ0n) is 21.5. The first-order valence-electron chi connectivity index (χ1n) is 12.2. The molecule has 5 heterocycles. The molecule has 5 aromatic heterocycles.